The van der Waals surface area contributed by atoms with Crippen LogP contribution in [-0.4, -0.2) is 127 Å². The molecule has 3 N–H and O–H groups in total. The van der Waals surface area contributed by atoms with Gasteiger partial charge in [-0.25, -0.2) is 48.8 Å². The van der Waals surface area contributed by atoms with Crippen molar-refractivity contribution < 1.29 is 108 Å². The summed E-state index contributed by atoms with van der Waals surface area (Å²) in [4.78, 5) is 77.0. The summed E-state index contributed by atoms with van der Waals surface area (Å²) in [5.74, 6) is -7.91. The number of thiol groups is 1. The van der Waals surface area contributed by atoms with Gasteiger partial charge in [0.2, 0.25) is 23.6 Å². The first-order valence-electron chi connectivity index (χ1n) is 25.0. The van der Waals surface area contributed by atoms with Gasteiger partial charge in [-0.2, -0.15) is 45.3 Å². The Labute approximate surface area is 488 Å². The summed E-state index contributed by atoms with van der Waals surface area (Å²) in [6, 6.07) is 4.47. The van der Waals surface area contributed by atoms with E-state index in [9.17, 15) is 75.7 Å². The van der Waals surface area contributed by atoms with E-state index in [4.69, 9.17) is 26.1 Å². The lowest BCUT2D eigenvalue weighted by Gasteiger charge is -2.25. The number of alkyl halides is 8. The normalized spacial score (nSPS) is 16.2. The van der Waals surface area contributed by atoms with Gasteiger partial charge >= 0.3 is 32.2 Å². The second-order valence-electron chi connectivity index (χ2n) is 21.2. The van der Waals surface area contributed by atoms with Crippen LogP contribution in [0.1, 0.15) is 99.0 Å². The number of benzene rings is 2. The average Bonchev–Trinajstić information content (AvgIpc) is 1.53. The van der Waals surface area contributed by atoms with Crippen molar-refractivity contribution in [1.29, 1.82) is 0 Å². The number of nitrogens with zero attached hydrogens (tertiary/aromatic N) is 7. The van der Waals surface area contributed by atoms with Gasteiger partial charge in [-0.15, -0.1) is 0 Å². The highest BCUT2D eigenvalue weighted by Crippen LogP contribution is 2.68. The zero-order chi connectivity index (χ0) is 64.2. The number of carbonyl (C=O) groups is 4. The lowest BCUT2D eigenvalue weighted by Crippen LogP contribution is -2.43. The third-order valence-corrected chi connectivity index (χ3v) is 16.6. The molecular formula is C50H50ClF10N8O14PS2. The van der Waals surface area contributed by atoms with Gasteiger partial charge in [0.05, 0.1) is 40.9 Å². The SMILES string of the molecule is CC(C)(C)OC(=O)CCN(CC(=O)N(Cc1nn(CC(F)(F)F)c2c(-c3ccc(C#CC(C)(C)S(C)(=O)=O)nc3[C@H](Cc3cc(F)cc(F)c3)NC(=O)Cn3nc(C(F)(F)F)c4c3C(F)(F)[C@@H]3C[C@H]43)ccc(Cl)c12)[SH](=O)=O)C(=O)OCOP(=O)(O)O. The number of amides is 3. The van der Waals surface area contributed by atoms with E-state index in [-0.39, 0.29) is 36.9 Å². The summed E-state index contributed by atoms with van der Waals surface area (Å²) in [6.45, 7) is -1.36. The van der Waals surface area contributed by atoms with Gasteiger partial charge in [-0.3, -0.25) is 28.6 Å². The van der Waals surface area contributed by atoms with Crippen molar-refractivity contribution in [3.63, 3.8) is 0 Å². The molecule has 1 saturated carbocycles. The lowest BCUT2D eigenvalue weighted by molar-refractivity contribution is -0.155. The molecule has 3 heterocycles. The van der Waals surface area contributed by atoms with Crippen LogP contribution in [-0.2, 0) is 91.8 Å². The molecule has 22 nitrogen and oxygen atoms in total. The van der Waals surface area contributed by atoms with E-state index in [0.717, 1.165) is 42.7 Å². The molecule has 86 heavy (non-hydrogen) atoms. The van der Waals surface area contributed by atoms with Crippen molar-refractivity contribution in [3.05, 3.63) is 98.7 Å². The monoisotopic (exact) mass is 1310 g/mol. The number of ether oxygens (including phenoxy) is 2. The molecule has 0 saturated heterocycles. The van der Waals surface area contributed by atoms with E-state index in [1.54, 1.807) is 0 Å². The molecule has 3 atom stereocenters. The summed E-state index contributed by atoms with van der Waals surface area (Å²) in [6.07, 6.45) is -13.0. The summed E-state index contributed by atoms with van der Waals surface area (Å²) >= 11 is 6.69. The van der Waals surface area contributed by atoms with Gasteiger partial charge in [-0.05, 0) is 95.2 Å². The number of pyridine rings is 1. The predicted octanol–water partition coefficient (Wildman–Crippen LogP) is 7.38. The number of aromatic nitrogens is 5. The highest BCUT2D eigenvalue weighted by molar-refractivity contribution is 7.92. The molecular weight excluding hydrogens is 1260 g/mol. The third kappa shape index (κ3) is 15.8. The molecule has 2 aliphatic rings. The largest absolute Gasteiger partial charge is 0.472 e. The van der Waals surface area contributed by atoms with Gasteiger partial charge < -0.3 is 24.6 Å². The molecule has 0 bridgehead atoms. The van der Waals surface area contributed by atoms with Crippen molar-refractivity contribution in [2.45, 2.75) is 114 Å². The van der Waals surface area contributed by atoms with Crippen molar-refractivity contribution in [2.75, 3.05) is 26.1 Å². The van der Waals surface area contributed by atoms with Crippen LogP contribution in [0, 0.1) is 29.4 Å². The van der Waals surface area contributed by atoms with Crippen molar-refractivity contribution in [2.24, 2.45) is 5.92 Å². The molecule has 0 aliphatic heterocycles. The molecule has 36 heteroatoms. The van der Waals surface area contributed by atoms with Gasteiger partial charge in [-0.1, -0.05) is 23.6 Å². The van der Waals surface area contributed by atoms with E-state index < -0.39 is 213 Å². The number of halogens is 11. The zero-order valence-electron chi connectivity index (χ0n) is 45.5. The van der Waals surface area contributed by atoms with Crippen molar-refractivity contribution >= 4 is 74.9 Å². The maximum Gasteiger partial charge on any atom is 0.472 e. The van der Waals surface area contributed by atoms with E-state index in [1.807, 2.05) is 0 Å². The first-order chi connectivity index (χ1) is 39.4. The third-order valence-electron chi connectivity index (χ3n) is 13.2. The van der Waals surface area contributed by atoms with E-state index in [2.05, 4.69) is 41.6 Å². The van der Waals surface area contributed by atoms with E-state index >= 15 is 8.78 Å². The molecule has 0 unspecified atom stereocenters. The topological polar surface area (TPSA) is 289 Å². The maximum atomic E-state index is 15.7. The molecule has 2 aromatic carbocycles. The smallest absolute Gasteiger partial charge is 0.460 e. The molecule has 0 radical (unpaired) electrons. The molecule has 5 aromatic rings. The molecule has 1 fully saturated rings. The minimum absolute atomic E-state index is 0.00829. The Morgan fingerprint density at radius 2 is 1.60 bits per heavy atom. The van der Waals surface area contributed by atoms with Gasteiger partial charge in [0, 0.05) is 46.9 Å². The molecule has 3 aromatic heterocycles. The average molecular weight is 1310 g/mol. The molecule has 2 aliphatic carbocycles. The van der Waals surface area contributed by atoms with E-state index in [1.165, 1.54) is 34.6 Å². The van der Waals surface area contributed by atoms with Crippen molar-refractivity contribution in [3.8, 4) is 23.0 Å². The van der Waals surface area contributed by atoms with Crippen LogP contribution in [0.3, 0.4) is 0 Å². The lowest BCUT2D eigenvalue weighted by atomic mass is 9.93. The fraction of sp³-hybridized carbons (Fsp3) is 0.460. The van der Waals surface area contributed by atoms with Crippen LogP contribution in [0.15, 0.2) is 42.5 Å². The number of fused-ring (bicyclic) bond motifs is 4. The Hall–Kier alpha value is -6.89. The van der Waals surface area contributed by atoms with Gasteiger partial charge in [0.25, 0.3) is 11.8 Å². The summed E-state index contributed by atoms with van der Waals surface area (Å²) in [5.41, 5.74) is -8.04. The number of phosphoric acid groups is 1. The Kier molecular flexibility index (Phi) is 18.9. The van der Waals surface area contributed by atoms with Crippen LogP contribution in [0.25, 0.3) is 22.0 Å². The number of sulfone groups is 1. The Balaban J connectivity index is 1.39. The standard InChI is InChI=1S/C50H50ClF10N8O14PS2/c1-46(2,3)83-38(72)12-14-66(45(73)81-24-82-84(74,75)76)22-37(71)69(85(77)78)20-35-40-33(51)10-9-30(42(40)68(64-35)23-48(54,55)56)29-8-7-28(11-13-47(4,5)86(6,79)80)62-41(29)34(17-25-15-26(52)18-27(53)16-25)63-36(70)21-67-44-39(43(65-67)50(59,60)61)31-19-32(31)49(44,57)58/h7-10,15-16,18,31-32,34,85H,12,14,17,19-24H2,1-6H3,(H,63,70)(H2,74,75,76)/t31-,32+,34-/m0/s1. The minimum atomic E-state index is -5.27. The van der Waals surface area contributed by atoms with Gasteiger partial charge in [0.15, 0.2) is 15.5 Å². The van der Waals surface area contributed by atoms with Crippen LogP contribution in [0.4, 0.5) is 48.7 Å². The first-order valence-corrected chi connectivity index (χ1v) is 29.9. The second-order valence-corrected chi connectivity index (χ2v) is 26.4. The predicted molar refractivity (Wildman–Crippen MR) is 280 cm³/mol. The molecule has 0 spiro atoms. The number of esters is 1. The van der Waals surface area contributed by atoms with E-state index in [0.29, 0.717) is 11.0 Å². The highest BCUT2D eigenvalue weighted by Gasteiger charge is 2.68. The highest BCUT2D eigenvalue weighted by atomic mass is 35.5. The number of phosphoric ester groups is 1. The number of carbonyl (C=O) groups excluding carboxylic acids is 4. The minimum Gasteiger partial charge on any atom is -0.460 e. The summed E-state index contributed by atoms with van der Waals surface area (Å²) in [7, 11) is -13.4. The van der Waals surface area contributed by atoms with Gasteiger partial charge in [0.1, 0.15) is 53.0 Å². The van der Waals surface area contributed by atoms with Crippen LogP contribution in [0.2, 0.25) is 5.02 Å². The quantitative estimate of drug-likeness (QED) is 0.0148. The Bertz CT molecular complexity index is 3830. The van der Waals surface area contributed by atoms with Crippen LogP contribution >= 0.6 is 19.4 Å². The number of hydrogen-bond acceptors (Lipinski definition) is 15. The Morgan fingerprint density at radius 1 is 0.965 bits per heavy atom. The van der Waals surface area contributed by atoms with Crippen molar-refractivity contribution in [1.82, 2.24) is 39.1 Å². The molecule has 468 valence electrons. The fourth-order valence-corrected chi connectivity index (χ4v) is 10.4. The molecule has 7 rings (SSSR count). The number of hydrogen-bond donors (Lipinski definition) is 4. The number of rotatable bonds is 20. The van der Waals surface area contributed by atoms with Crippen LogP contribution < -0.4 is 5.32 Å². The molecule has 3 amide bonds. The summed E-state index contributed by atoms with van der Waals surface area (Å²) < 4.78 is 223. The summed E-state index contributed by atoms with van der Waals surface area (Å²) in [5, 5.41) is 8.77. The first kappa shape index (κ1) is 66.6. The second kappa shape index (κ2) is 24.3. The Morgan fingerprint density at radius 3 is 2.19 bits per heavy atom. The fourth-order valence-electron chi connectivity index (χ4n) is 9.18. The number of nitrogens with one attached hydrogen (secondary N) is 1. The zero-order valence-corrected chi connectivity index (χ0v) is 48.9. The maximum absolute atomic E-state index is 15.7. The van der Waals surface area contributed by atoms with Crippen LogP contribution in [0.5, 0.6) is 0 Å².